The van der Waals surface area contributed by atoms with Gasteiger partial charge in [0.1, 0.15) is 11.6 Å². The van der Waals surface area contributed by atoms with Crippen molar-refractivity contribution in [2.45, 2.75) is 19.8 Å². The Kier molecular flexibility index (Phi) is 6.04. The molecule has 2 aromatic rings. The number of anilines is 3. The van der Waals surface area contributed by atoms with Gasteiger partial charge in [0.15, 0.2) is 0 Å². The number of rotatable bonds is 5. The van der Waals surface area contributed by atoms with Gasteiger partial charge in [-0.1, -0.05) is 43.6 Å². The Hall–Kier alpha value is -2.97. The fourth-order valence-corrected chi connectivity index (χ4v) is 2.41. The number of nitrogens with zero attached hydrogens (tertiary/aromatic N) is 1. The molecule has 0 radical (unpaired) electrons. The van der Waals surface area contributed by atoms with Gasteiger partial charge in [0.2, 0.25) is 0 Å². The highest BCUT2D eigenvalue weighted by Crippen LogP contribution is 2.24. The number of carbonyl (C=O) groups excluding carboxylic acids is 1. The van der Waals surface area contributed by atoms with E-state index in [4.69, 9.17) is 17.3 Å². The van der Waals surface area contributed by atoms with Gasteiger partial charge in [-0.25, -0.2) is 0 Å². The molecule has 0 heterocycles. The molecule has 1 amide bonds. The topological polar surface area (TPSA) is 90.9 Å². The normalized spacial score (nSPS) is 11.1. The Morgan fingerprint density at radius 1 is 1.28 bits per heavy atom. The van der Waals surface area contributed by atoms with Gasteiger partial charge >= 0.3 is 0 Å². The molecule has 0 aromatic heterocycles. The average molecular weight is 355 g/mol. The summed E-state index contributed by atoms with van der Waals surface area (Å²) >= 11 is 5.93. The van der Waals surface area contributed by atoms with E-state index in [2.05, 4.69) is 24.5 Å². The number of amides is 1. The maximum Gasteiger partial charge on any atom is 0.267 e. The fraction of sp³-hybridized carbons (Fsp3) is 0.158. The van der Waals surface area contributed by atoms with E-state index in [9.17, 15) is 10.1 Å². The summed E-state index contributed by atoms with van der Waals surface area (Å²) in [4.78, 5) is 12.3. The Morgan fingerprint density at radius 3 is 2.64 bits per heavy atom. The van der Waals surface area contributed by atoms with Crippen LogP contribution in [0.2, 0.25) is 5.02 Å². The lowest BCUT2D eigenvalue weighted by Gasteiger charge is -2.12. The Morgan fingerprint density at radius 2 is 2.00 bits per heavy atom. The van der Waals surface area contributed by atoms with Crippen LogP contribution in [0.15, 0.2) is 54.2 Å². The summed E-state index contributed by atoms with van der Waals surface area (Å²) in [5, 5.41) is 15.3. The maximum atomic E-state index is 12.3. The summed E-state index contributed by atoms with van der Waals surface area (Å²) in [6.45, 7) is 4.15. The van der Waals surface area contributed by atoms with Crippen LogP contribution in [-0.4, -0.2) is 5.91 Å². The van der Waals surface area contributed by atoms with E-state index in [1.807, 2.05) is 30.3 Å². The van der Waals surface area contributed by atoms with Gasteiger partial charge < -0.3 is 16.4 Å². The van der Waals surface area contributed by atoms with Gasteiger partial charge in [-0.15, -0.1) is 0 Å². The van der Waals surface area contributed by atoms with Crippen molar-refractivity contribution in [1.29, 1.82) is 5.26 Å². The second kappa shape index (κ2) is 8.22. The van der Waals surface area contributed by atoms with Crippen LogP contribution >= 0.6 is 11.6 Å². The molecule has 128 valence electrons. The van der Waals surface area contributed by atoms with Crippen LogP contribution in [0.1, 0.15) is 25.3 Å². The predicted molar refractivity (Wildman–Crippen MR) is 102 cm³/mol. The summed E-state index contributed by atoms with van der Waals surface area (Å²) in [7, 11) is 0. The highest BCUT2D eigenvalue weighted by molar-refractivity contribution is 6.33. The molecule has 2 rings (SSSR count). The molecule has 4 N–H and O–H groups in total. The SMILES string of the molecule is CC(C)c1ccccc1N/C=C(/C#N)C(=O)Nc1ccc(N)c(Cl)c1. The number of nitrogen functional groups attached to an aromatic ring is 1. The van der Waals surface area contributed by atoms with Crippen LogP contribution in [0.3, 0.4) is 0 Å². The average Bonchev–Trinajstić information content (AvgIpc) is 2.59. The molecule has 2 aromatic carbocycles. The minimum atomic E-state index is -0.530. The number of nitrogens with one attached hydrogen (secondary N) is 2. The largest absolute Gasteiger partial charge is 0.398 e. The van der Waals surface area contributed by atoms with Crippen LogP contribution in [-0.2, 0) is 4.79 Å². The molecule has 0 atom stereocenters. The highest BCUT2D eigenvalue weighted by atomic mass is 35.5. The van der Waals surface area contributed by atoms with Crippen LogP contribution < -0.4 is 16.4 Å². The van der Waals surface area contributed by atoms with Gasteiger partial charge in [-0.3, -0.25) is 4.79 Å². The summed E-state index contributed by atoms with van der Waals surface area (Å²) < 4.78 is 0. The van der Waals surface area contributed by atoms with E-state index in [1.165, 1.54) is 12.3 Å². The summed E-state index contributed by atoms with van der Waals surface area (Å²) in [5.74, 6) is -0.216. The van der Waals surface area contributed by atoms with Gasteiger partial charge in [0.25, 0.3) is 5.91 Å². The van der Waals surface area contributed by atoms with Crippen LogP contribution in [0.4, 0.5) is 17.1 Å². The third-order valence-corrected chi connectivity index (χ3v) is 3.91. The first-order valence-corrected chi connectivity index (χ1v) is 8.12. The molecule has 0 saturated heterocycles. The quantitative estimate of drug-likeness (QED) is 0.418. The highest BCUT2D eigenvalue weighted by Gasteiger charge is 2.11. The van der Waals surface area contributed by atoms with Crippen molar-refractivity contribution in [3.63, 3.8) is 0 Å². The zero-order valence-electron chi connectivity index (χ0n) is 14.0. The second-order valence-electron chi connectivity index (χ2n) is 5.75. The third kappa shape index (κ3) is 4.75. The van der Waals surface area contributed by atoms with Crippen molar-refractivity contribution < 1.29 is 4.79 Å². The van der Waals surface area contributed by atoms with E-state index in [-0.39, 0.29) is 5.57 Å². The number of nitriles is 1. The molecule has 0 aliphatic rings. The molecule has 25 heavy (non-hydrogen) atoms. The Balaban J connectivity index is 2.16. The maximum absolute atomic E-state index is 12.3. The standard InChI is InChI=1S/C19H19ClN4O/c1-12(2)15-5-3-4-6-18(15)23-11-13(10-21)19(25)24-14-7-8-17(22)16(20)9-14/h3-9,11-12,23H,22H2,1-2H3,(H,24,25)/b13-11-. The van der Waals surface area contributed by atoms with Gasteiger partial charge in [-0.05, 0) is 35.7 Å². The van der Waals surface area contributed by atoms with Crippen molar-refractivity contribution in [1.82, 2.24) is 0 Å². The summed E-state index contributed by atoms with van der Waals surface area (Å²) in [5.41, 5.74) is 8.43. The number of nitrogens with two attached hydrogens (primary N) is 1. The monoisotopic (exact) mass is 354 g/mol. The van der Waals surface area contributed by atoms with Crippen molar-refractivity contribution in [3.05, 3.63) is 64.8 Å². The van der Waals surface area contributed by atoms with E-state index in [1.54, 1.807) is 12.1 Å². The minimum absolute atomic E-state index is 0.0495. The molecule has 5 nitrogen and oxygen atoms in total. The number of benzene rings is 2. The molecular weight excluding hydrogens is 336 g/mol. The molecular formula is C19H19ClN4O. The van der Waals surface area contributed by atoms with E-state index < -0.39 is 5.91 Å². The number of hydrogen-bond acceptors (Lipinski definition) is 4. The van der Waals surface area contributed by atoms with E-state index in [0.717, 1.165) is 11.3 Å². The van der Waals surface area contributed by atoms with E-state index in [0.29, 0.717) is 22.3 Å². The summed E-state index contributed by atoms with van der Waals surface area (Å²) in [6, 6.07) is 14.4. The minimum Gasteiger partial charge on any atom is -0.398 e. The fourth-order valence-electron chi connectivity index (χ4n) is 2.23. The third-order valence-electron chi connectivity index (χ3n) is 3.58. The van der Waals surface area contributed by atoms with Gasteiger partial charge in [0.05, 0.1) is 10.7 Å². The van der Waals surface area contributed by atoms with Crippen LogP contribution in [0, 0.1) is 11.3 Å². The van der Waals surface area contributed by atoms with Crippen molar-refractivity contribution in [3.8, 4) is 6.07 Å². The molecule has 0 unspecified atom stereocenters. The zero-order chi connectivity index (χ0) is 18.4. The number of carbonyl (C=O) groups is 1. The molecule has 0 aliphatic carbocycles. The van der Waals surface area contributed by atoms with Crippen molar-refractivity contribution >= 4 is 34.6 Å². The number of halogens is 1. The van der Waals surface area contributed by atoms with Gasteiger partial charge in [0, 0.05) is 17.6 Å². The van der Waals surface area contributed by atoms with Crippen LogP contribution in [0.5, 0.6) is 0 Å². The van der Waals surface area contributed by atoms with Crippen molar-refractivity contribution in [2.24, 2.45) is 0 Å². The first-order chi connectivity index (χ1) is 11.9. The molecule has 0 saturated carbocycles. The number of para-hydroxylation sites is 1. The lowest BCUT2D eigenvalue weighted by Crippen LogP contribution is -2.14. The molecule has 0 fully saturated rings. The molecule has 0 aliphatic heterocycles. The molecule has 0 bridgehead atoms. The molecule has 6 heteroatoms. The lowest BCUT2D eigenvalue weighted by atomic mass is 10.0. The molecule has 0 spiro atoms. The summed E-state index contributed by atoms with van der Waals surface area (Å²) in [6.07, 6.45) is 1.40. The lowest BCUT2D eigenvalue weighted by molar-refractivity contribution is -0.112. The van der Waals surface area contributed by atoms with Crippen molar-refractivity contribution in [2.75, 3.05) is 16.4 Å². The number of hydrogen-bond donors (Lipinski definition) is 3. The van der Waals surface area contributed by atoms with Crippen LogP contribution in [0.25, 0.3) is 0 Å². The van der Waals surface area contributed by atoms with Gasteiger partial charge in [-0.2, -0.15) is 5.26 Å². The predicted octanol–water partition coefficient (Wildman–Crippen LogP) is 4.50. The Labute approximate surface area is 152 Å². The zero-order valence-corrected chi connectivity index (χ0v) is 14.8. The first-order valence-electron chi connectivity index (χ1n) is 7.74. The first kappa shape index (κ1) is 18.4. The smallest absolute Gasteiger partial charge is 0.267 e. The Bertz CT molecular complexity index is 853. The second-order valence-corrected chi connectivity index (χ2v) is 6.15. The van der Waals surface area contributed by atoms with E-state index >= 15 is 0 Å².